The largest absolute Gasteiger partial charge is 0.491 e. The van der Waals surface area contributed by atoms with Crippen LogP contribution < -0.4 is 10.5 Å². The number of hydrogen-bond acceptors (Lipinski definition) is 3. The Kier molecular flexibility index (Phi) is 4.62. The summed E-state index contributed by atoms with van der Waals surface area (Å²) in [4.78, 5) is 2.18. The van der Waals surface area contributed by atoms with Gasteiger partial charge in [0.25, 0.3) is 0 Å². The van der Waals surface area contributed by atoms with Crippen LogP contribution >= 0.6 is 0 Å². The third-order valence-corrected chi connectivity index (χ3v) is 2.84. The van der Waals surface area contributed by atoms with Crippen LogP contribution in [0.15, 0.2) is 18.2 Å². The van der Waals surface area contributed by atoms with E-state index < -0.39 is 0 Å². The average Bonchev–Trinajstić information content (AvgIpc) is 2.20. The summed E-state index contributed by atoms with van der Waals surface area (Å²) in [6.07, 6.45) is 1.00. The summed E-state index contributed by atoms with van der Waals surface area (Å²) in [5.41, 5.74) is 7.74. The molecular formula is C13H22N2O. The Bertz CT molecular complexity index is 337. The lowest BCUT2D eigenvalue weighted by Crippen LogP contribution is -2.26. The van der Waals surface area contributed by atoms with Crippen LogP contribution in [0.4, 0.5) is 5.69 Å². The summed E-state index contributed by atoms with van der Waals surface area (Å²) in [5, 5.41) is 0. The van der Waals surface area contributed by atoms with Gasteiger partial charge in [0.05, 0.1) is 12.3 Å². The average molecular weight is 222 g/mol. The lowest BCUT2D eigenvalue weighted by molar-refractivity contribution is 0.234. The number of hydrogen-bond donors (Lipinski definition) is 1. The molecule has 2 N–H and O–H groups in total. The first-order valence-corrected chi connectivity index (χ1v) is 5.66. The van der Waals surface area contributed by atoms with Crippen LogP contribution in [0.1, 0.15) is 18.9 Å². The van der Waals surface area contributed by atoms with Crippen molar-refractivity contribution in [3.05, 3.63) is 23.8 Å². The highest BCUT2D eigenvalue weighted by Gasteiger charge is 2.05. The van der Waals surface area contributed by atoms with Crippen molar-refractivity contribution >= 4 is 5.69 Å². The van der Waals surface area contributed by atoms with Crippen molar-refractivity contribution in [3.63, 3.8) is 0 Å². The van der Waals surface area contributed by atoms with Crippen LogP contribution in [-0.2, 0) is 0 Å². The fourth-order valence-electron chi connectivity index (χ4n) is 1.40. The van der Waals surface area contributed by atoms with Crippen LogP contribution in [0.5, 0.6) is 5.75 Å². The molecule has 3 nitrogen and oxygen atoms in total. The zero-order valence-corrected chi connectivity index (χ0v) is 10.7. The maximum absolute atomic E-state index is 5.86. The summed E-state index contributed by atoms with van der Waals surface area (Å²) in [6, 6.07) is 6.41. The lowest BCUT2D eigenvalue weighted by Gasteiger charge is -2.19. The SMILES string of the molecule is Cc1ccc(OCCC(C)N(C)C)c(N)c1. The number of anilines is 1. The molecule has 0 aliphatic carbocycles. The maximum atomic E-state index is 5.86. The number of aryl methyl sites for hydroxylation is 1. The van der Waals surface area contributed by atoms with Gasteiger partial charge in [-0.05, 0) is 52.1 Å². The van der Waals surface area contributed by atoms with Crippen molar-refractivity contribution in [1.82, 2.24) is 4.90 Å². The van der Waals surface area contributed by atoms with Gasteiger partial charge in [-0.15, -0.1) is 0 Å². The van der Waals surface area contributed by atoms with Gasteiger partial charge < -0.3 is 15.4 Å². The van der Waals surface area contributed by atoms with Crippen LogP contribution in [0.2, 0.25) is 0 Å². The van der Waals surface area contributed by atoms with Crippen molar-refractivity contribution in [2.45, 2.75) is 26.3 Å². The van der Waals surface area contributed by atoms with E-state index in [2.05, 4.69) is 25.9 Å². The number of nitrogen functional groups attached to an aromatic ring is 1. The molecule has 0 saturated carbocycles. The van der Waals surface area contributed by atoms with Gasteiger partial charge in [0.1, 0.15) is 5.75 Å². The van der Waals surface area contributed by atoms with E-state index in [1.54, 1.807) is 0 Å². The van der Waals surface area contributed by atoms with E-state index in [4.69, 9.17) is 10.5 Å². The topological polar surface area (TPSA) is 38.5 Å². The van der Waals surface area contributed by atoms with E-state index >= 15 is 0 Å². The molecule has 16 heavy (non-hydrogen) atoms. The van der Waals surface area contributed by atoms with Gasteiger partial charge >= 0.3 is 0 Å². The third-order valence-electron chi connectivity index (χ3n) is 2.84. The van der Waals surface area contributed by atoms with E-state index in [0.29, 0.717) is 12.6 Å². The molecule has 0 bridgehead atoms. The first-order chi connectivity index (χ1) is 7.50. The Morgan fingerprint density at radius 1 is 1.38 bits per heavy atom. The predicted molar refractivity (Wildman–Crippen MR) is 68.9 cm³/mol. The van der Waals surface area contributed by atoms with Crippen molar-refractivity contribution in [3.8, 4) is 5.75 Å². The molecule has 0 radical (unpaired) electrons. The Balaban J connectivity index is 2.43. The van der Waals surface area contributed by atoms with Crippen LogP contribution in [0.3, 0.4) is 0 Å². The van der Waals surface area contributed by atoms with E-state index in [0.717, 1.165) is 23.4 Å². The molecule has 1 atom stereocenters. The summed E-state index contributed by atoms with van der Waals surface area (Å²) in [6.45, 7) is 4.91. The van der Waals surface area contributed by atoms with Gasteiger partial charge in [-0.3, -0.25) is 0 Å². The monoisotopic (exact) mass is 222 g/mol. The van der Waals surface area contributed by atoms with Crippen molar-refractivity contribution in [2.24, 2.45) is 0 Å². The molecule has 0 aliphatic heterocycles. The van der Waals surface area contributed by atoms with Gasteiger partial charge in [-0.1, -0.05) is 6.07 Å². The molecule has 0 aliphatic rings. The van der Waals surface area contributed by atoms with Gasteiger partial charge in [-0.2, -0.15) is 0 Å². The molecule has 0 aromatic heterocycles. The smallest absolute Gasteiger partial charge is 0.142 e. The second-order valence-corrected chi connectivity index (χ2v) is 4.49. The molecule has 1 aromatic rings. The third kappa shape index (κ3) is 3.74. The van der Waals surface area contributed by atoms with Gasteiger partial charge in [0, 0.05) is 6.04 Å². The molecule has 3 heteroatoms. The second-order valence-electron chi connectivity index (χ2n) is 4.49. The lowest BCUT2D eigenvalue weighted by atomic mass is 10.2. The fraction of sp³-hybridized carbons (Fsp3) is 0.538. The quantitative estimate of drug-likeness (QED) is 0.777. The summed E-state index contributed by atoms with van der Waals surface area (Å²) in [7, 11) is 4.15. The highest BCUT2D eigenvalue weighted by atomic mass is 16.5. The molecule has 1 aromatic carbocycles. The minimum Gasteiger partial charge on any atom is -0.491 e. The Hall–Kier alpha value is -1.22. The molecule has 90 valence electrons. The molecule has 0 amide bonds. The summed E-state index contributed by atoms with van der Waals surface area (Å²) in [5.74, 6) is 0.788. The first kappa shape index (κ1) is 12.8. The zero-order chi connectivity index (χ0) is 12.1. The Morgan fingerprint density at radius 2 is 2.06 bits per heavy atom. The number of ether oxygens (including phenoxy) is 1. The molecule has 0 heterocycles. The minimum absolute atomic E-state index is 0.520. The van der Waals surface area contributed by atoms with Crippen molar-refractivity contribution in [2.75, 3.05) is 26.4 Å². The van der Waals surface area contributed by atoms with Gasteiger partial charge in [0.2, 0.25) is 0 Å². The number of nitrogens with zero attached hydrogens (tertiary/aromatic N) is 1. The summed E-state index contributed by atoms with van der Waals surface area (Å²) >= 11 is 0. The van der Waals surface area contributed by atoms with E-state index in [1.807, 2.05) is 25.1 Å². The molecule has 0 fully saturated rings. The van der Waals surface area contributed by atoms with Crippen molar-refractivity contribution in [1.29, 1.82) is 0 Å². The standard InChI is InChI=1S/C13H22N2O/c1-10-5-6-13(12(14)9-10)16-8-7-11(2)15(3)4/h5-6,9,11H,7-8,14H2,1-4H3. The number of benzene rings is 1. The number of nitrogens with two attached hydrogens (primary N) is 1. The predicted octanol–water partition coefficient (Wildman–Crippen LogP) is 2.30. The normalized spacial score (nSPS) is 12.8. The highest BCUT2D eigenvalue weighted by molar-refractivity contribution is 5.53. The van der Waals surface area contributed by atoms with Crippen LogP contribution in [0.25, 0.3) is 0 Å². The van der Waals surface area contributed by atoms with Crippen LogP contribution in [0, 0.1) is 6.92 Å². The fourth-order valence-corrected chi connectivity index (χ4v) is 1.40. The minimum atomic E-state index is 0.520. The van der Waals surface area contributed by atoms with Gasteiger partial charge in [0.15, 0.2) is 0 Å². The van der Waals surface area contributed by atoms with Crippen LogP contribution in [-0.4, -0.2) is 31.6 Å². The van der Waals surface area contributed by atoms with Gasteiger partial charge in [-0.25, -0.2) is 0 Å². The van der Waals surface area contributed by atoms with E-state index in [9.17, 15) is 0 Å². The maximum Gasteiger partial charge on any atom is 0.142 e. The van der Waals surface area contributed by atoms with E-state index in [-0.39, 0.29) is 0 Å². The first-order valence-electron chi connectivity index (χ1n) is 5.66. The van der Waals surface area contributed by atoms with E-state index in [1.165, 1.54) is 0 Å². The molecule has 0 spiro atoms. The number of rotatable bonds is 5. The van der Waals surface area contributed by atoms with Crippen molar-refractivity contribution < 1.29 is 4.74 Å². The Morgan fingerprint density at radius 3 is 2.62 bits per heavy atom. The molecule has 0 saturated heterocycles. The summed E-state index contributed by atoms with van der Waals surface area (Å²) < 4.78 is 5.66. The zero-order valence-electron chi connectivity index (χ0n) is 10.7. The molecule has 1 unspecified atom stereocenters. The molecular weight excluding hydrogens is 200 g/mol. The molecule has 1 rings (SSSR count). The Labute approximate surface area is 98.2 Å². The highest BCUT2D eigenvalue weighted by Crippen LogP contribution is 2.22. The second kappa shape index (κ2) is 5.75.